The molecule has 1 rings (SSSR count). The van der Waals surface area contributed by atoms with E-state index in [4.69, 9.17) is 0 Å². The maximum absolute atomic E-state index is 3.89. The van der Waals surface area contributed by atoms with Crippen molar-refractivity contribution >= 4 is 0 Å². The molecule has 0 unspecified atom stereocenters. The maximum atomic E-state index is 3.89. The van der Waals surface area contributed by atoms with Crippen LogP contribution in [0.1, 0.15) is 19.8 Å². The highest BCUT2D eigenvalue weighted by Gasteiger charge is 2.15. The molecule has 0 bridgehead atoms. The number of rotatable bonds is 0. The normalized spacial score (nSPS) is 22.6. The van der Waals surface area contributed by atoms with Gasteiger partial charge in [0, 0.05) is 0 Å². The second-order valence-corrected chi connectivity index (χ2v) is 2.72. The van der Waals surface area contributed by atoms with Gasteiger partial charge in [-0.25, -0.2) is 0 Å². The summed E-state index contributed by atoms with van der Waals surface area (Å²) in [6.45, 7) is 10.0. The summed E-state index contributed by atoms with van der Waals surface area (Å²) in [6, 6.07) is 0. The predicted molar refractivity (Wildman–Crippen MR) is 36.7 cm³/mol. The summed E-state index contributed by atoms with van der Waals surface area (Å²) in [5.41, 5.74) is 2.52. The zero-order valence-corrected chi connectivity index (χ0v) is 5.41. The Bertz CT molecular complexity index is 115. The molecule has 1 fully saturated rings. The Hall–Kier alpha value is -0.520. The highest BCUT2D eigenvalue weighted by atomic mass is 14.2. The molecule has 0 aromatic heterocycles. The lowest BCUT2D eigenvalue weighted by molar-refractivity contribution is 0.641. The largest absolute Gasteiger partial charge is 0.0956 e. The van der Waals surface area contributed by atoms with Crippen molar-refractivity contribution in [3.8, 4) is 0 Å². The standard InChI is InChI=1S/C8H12/c1-6-4-7(2)8(3)5-6/h6H,2-5H2,1H3. The first-order chi connectivity index (χ1) is 3.70. The van der Waals surface area contributed by atoms with Crippen LogP contribution in [0.2, 0.25) is 0 Å². The molecule has 0 aromatic rings. The average molecular weight is 108 g/mol. The van der Waals surface area contributed by atoms with Crippen LogP contribution in [0, 0.1) is 5.92 Å². The highest BCUT2D eigenvalue weighted by molar-refractivity contribution is 5.30. The van der Waals surface area contributed by atoms with Crippen LogP contribution in [0.25, 0.3) is 0 Å². The molecule has 1 aliphatic carbocycles. The Morgan fingerprint density at radius 1 is 1.25 bits per heavy atom. The van der Waals surface area contributed by atoms with Crippen molar-refractivity contribution < 1.29 is 0 Å². The summed E-state index contributed by atoms with van der Waals surface area (Å²) in [5, 5.41) is 0. The molecule has 1 saturated carbocycles. The van der Waals surface area contributed by atoms with Crippen molar-refractivity contribution in [3.05, 3.63) is 24.3 Å². The molecule has 0 nitrogen and oxygen atoms in total. The van der Waals surface area contributed by atoms with Gasteiger partial charge in [0.2, 0.25) is 0 Å². The highest BCUT2D eigenvalue weighted by Crippen LogP contribution is 2.31. The molecule has 0 N–H and O–H groups in total. The summed E-state index contributed by atoms with van der Waals surface area (Å²) < 4.78 is 0. The van der Waals surface area contributed by atoms with E-state index in [1.165, 1.54) is 24.0 Å². The molecule has 0 saturated heterocycles. The van der Waals surface area contributed by atoms with Crippen LogP contribution in [-0.4, -0.2) is 0 Å². The molecule has 0 atom stereocenters. The van der Waals surface area contributed by atoms with E-state index < -0.39 is 0 Å². The van der Waals surface area contributed by atoms with Crippen molar-refractivity contribution in [2.24, 2.45) is 5.92 Å². The minimum Gasteiger partial charge on any atom is -0.0956 e. The average Bonchev–Trinajstić information content (AvgIpc) is 1.85. The summed E-state index contributed by atoms with van der Waals surface area (Å²) in [7, 11) is 0. The summed E-state index contributed by atoms with van der Waals surface area (Å²) >= 11 is 0. The lowest BCUT2D eigenvalue weighted by atomic mass is 10.1. The van der Waals surface area contributed by atoms with E-state index >= 15 is 0 Å². The van der Waals surface area contributed by atoms with E-state index in [1.807, 2.05) is 0 Å². The van der Waals surface area contributed by atoms with Crippen LogP contribution in [0.15, 0.2) is 24.3 Å². The quantitative estimate of drug-likeness (QED) is 0.447. The molecule has 0 spiro atoms. The fraction of sp³-hybridized carbons (Fsp3) is 0.500. The summed E-state index contributed by atoms with van der Waals surface area (Å²) in [4.78, 5) is 0. The Balaban J connectivity index is 2.64. The van der Waals surface area contributed by atoms with Crippen molar-refractivity contribution in [1.82, 2.24) is 0 Å². The Labute approximate surface area is 50.9 Å². The van der Waals surface area contributed by atoms with Gasteiger partial charge >= 0.3 is 0 Å². The van der Waals surface area contributed by atoms with Gasteiger partial charge < -0.3 is 0 Å². The fourth-order valence-corrected chi connectivity index (χ4v) is 1.20. The fourth-order valence-electron chi connectivity index (χ4n) is 1.20. The van der Waals surface area contributed by atoms with Crippen molar-refractivity contribution in [2.45, 2.75) is 19.8 Å². The van der Waals surface area contributed by atoms with Crippen LogP contribution < -0.4 is 0 Å². The van der Waals surface area contributed by atoms with E-state index in [2.05, 4.69) is 20.1 Å². The van der Waals surface area contributed by atoms with Crippen LogP contribution in [-0.2, 0) is 0 Å². The van der Waals surface area contributed by atoms with Crippen LogP contribution in [0.3, 0.4) is 0 Å². The first kappa shape index (κ1) is 5.61. The lowest BCUT2D eigenvalue weighted by Crippen LogP contribution is -1.79. The van der Waals surface area contributed by atoms with E-state index in [1.54, 1.807) is 0 Å². The van der Waals surface area contributed by atoms with Gasteiger partial charge in [0.1, 0.15) is 0 Å². The summed E-state index contributed by atoms with van der Waals surface area (Å²) in [5.74, 6) is 0.801. The topological polar surface area (TPSA) is 0 Å². The molecule has 0 heteroatoms. The van der Waals surface area contributed by atoms with Crippen LogP contribution in [0.4, 0.5) is 0 Å². The SMILES string of the molecule is C=C1CC(C)CC1=C. The molecular weight excluding hydrogens is 96.1 g/mol. The Morgan fingerprint density at radius 2 is 1.62 bits per heavy atom. The first-order valence-corrected chi connectivity index (χ1v) is 3.06. The van der Waals surface area contributed by atoms with E-state index in [0.29, 0.717) is 0 Å². The lowest BCUT2D eigenvalue weighted by Gasteiger charge is -1.91. The third kappa shape index (κ3) is 0.835. The van der Waals surface area contributed by atoms with E-state index in [-0.39, 0.29) is 0 Å². The number of allylic oxidation sites excluding steroid dienone is 2. The monoisotopic (exact) mass is 108 g/mol. The molecule has 0 aliphatic heterocycles. The third-order valence-electron chi connectivity index (χ3n) is 1.69. The number of hydrogen-bond acceptors (Lipinski definition) is 0. The Morgan fingerprint density at radius 3 is 1.75 bits per heavy atom. The number of hydrogen-bond donors (Lipinski definition) is 0. The van der Waals surface area contributed by atoms with Gasteiger partial charge in [0.25, 0.3) is 0 Å². The minimum atomic E-state index is 0.801. The Kier molecular flexibility index (Phi) is 1.24. The molecule has 0 amide bonds. The first-order valence-electron chi connectivity index (χ1n) is 3.06. The molecule has 0 aromatic carbocycles. The second-order valence-electron chi connectivity index (χ2n) is 2.72. The maximum Gasteiger partial charge on any atom is -0.0253 e. The van der Waals surface area contributed by atoms with E-state index in [0.717, 1.165) is 5.92 Å². The van der Waals surface area contributed by atoms with Crippen molar-refractivity contribution in [3.63, 3.8) is 0 Å². The minimum absolute atomic E-state index is 0.801. The molecule has 0 radical (unpaired) electrons. The summed E-state index contributed by atoms with van der Waals surface area (Å²) in [6.07, 6.45) is 2.33. The molecule has 44 valence electrons. The third-order valence-corrected chi connectivity index (χ3v) is 1.69. The van der Waals surface area contributed by atoms with Crippen LogP contribution >= 0.6 is 0 Å². The van der Waals surface area contributed by atoms with Crippen molar-refractivity contribution in [1.29, 1.82) is 0 Å². The molecule has 0 heterocycles. The van der Waals surface area contributed by atoms with Crippen LogP contribution in [0.5, 0.6) is 0 Å². The molecular formula is C8H12. The van der Waals surface area contributed by atoms with Gasteiger partial charge in [-0.1, -0.05) is 31.2 Å². The van der Waals surface area contributed by atoms with Gasteiger partial charge in [-0.15, -0.1) is 0 Å². The predicted octanol–water partition coefficient (Wildman–Crippen LogP) is 2.53. The van der Waals surface area contributed by atoms with E-state index in [9.17, 15) is 0 Å². The van der Waals surface area contributed by atoms with Gasteiger partial charge in [0.05, 0.1) is 0 Å². The van der Waals surface area contributed by atoms with Gasteiger partial charge in [-0.05, 0) is 18.8 Å². The second kappa shape index (κ2) is 1.77. The van der Waals surface area contributed by atoms with Gasteiger partial charge in [-0.2, -0.15) is 0 Å². The smallest absolute Gasteiger partial charge is 0.0253 e. The van der Waals surface area contributed by atoms with Crippen molar-refractivity contribution in [2.75, 3.05) is 0 Å². The zero-order valence-electron chi connectivity index (χ0n) is 5.41. The van der Waals surface area contributed by atoms with Gasteiger partial charge in [-0.3, -0.25) is 0 Å². The zero-order chi connectivity index (χ0) is 6.15. The molecule has 1 aliphatic rings. The van der Waals surface area contributed by atoms with Gasteiger partial charge in [0.15, 0.2) is 0 Å². The molecule has 8 heavy (non-hydrogen) atoms.